The molecule has 0 saturated carbocycles. The average Bonchev–Trinajstić information content (AvgIpc) is 3.23. The normalized spacial score (nSPS) is 12.4. The average molecular weight is 465 g/mol. The van der Waals surface area contributed by atoms with E-state index < -0.39 is 0 Å². The second-order valence-electron chi connectivity index (χ2n) is 7.27. The first-order chi connectivity index (χ1) is 14.1. The molecule has 1 aromatic carbocycles. The molecule has 4 rings (SSSR count). The van der Waals surface area contributed by atoms with E-state index in [2.05, 4.69) is 39.7 Å². The summed E-state index contributed by atoms with van der Waals surface area (Å²) in [7, 11) is 1.58. The number of hydrogen-bond donors (Lipinski definition) is 2. The summed E-state index contributed by atoms with van der Waals surface area (Å²) in [6.45, 7) is 5.78. The van der Waals surface area contributed by atoms with Crippen LogP contribution in [-0.2, 0) is 13.0 Å². The number of benzene rings is 1. The molecule has 166 valence electrons. The fraction of sp³-hybridized carbons (Fsp3) is 0.333. The van der Waals surface area contributed by atoms with Crippen LogP contribution in [-0.4, -0.2) is 39.3 Å². The summed E-state index contributed by atoms with van der Waals surface area (Å²) < 4.78 is 7.41. The van der Waals surface area contributed by atoms with Crippen LogP contribution in [0.5, 0.6) is 5.75 Å². The molecule has 0 fully saturated rings. The lowest BCUT2D eigenvalue weighted by molar-refractivity contribution is 0.102. The number of fused-ring (bicyclic) bond motifs is 1. The summed E-state index contributed by atoms with van der Waals surface area (Å²) in [6.07, 6.45) is 2.60. The van der Waals surface area contributed by atoms with E-state index in [1.54, 1.807) is 19.5 Å². The van der Waals surface area contributed by atoms with Crippen LogP contribution in [0.15, 0.2) is 36.7 Å². The third-order valence-electron chi connectivity index (χ3n) is 5.00. The molecule has 1 aliphatic rings. The second kappa shape index (κ2) is 10.6. The number of anilines is 1. The molecule has 0 atom stereocenters. The van der Waals surface area contributed by atoms with Gasteiger partial charge < -0.3 is 19.9 Å². The summed E-state index contributed by atoms with van der Waals surface area (Å²) in [4.78, 5) is 17.5. The van der Waals surface area contributed by atoms with E-state index in [9.17, 15) is 4.79 Å². The molecular formula is C21H26Cl2N6O2. The van der Waals surface area contributed by atoms with Crippen LogP contribution in [0.4, 0.5) is 5.82 Å². The zero-order valence-electron chi connectivity index (χ0n) is 17.6. The standard InChI is InChI=1S/C21H24N6O2.2ClH/c1-13(2)27-12-23-26-20(27)17-5-4-6-19(24-17)25-21(28)16-9-15-11-22-8-7-14(15)10-18(16)29-3;;/h4-6,9-10,12-13,22H,7-8,11H2,1-3H3,(H,24,25,28);2*1H. The van der Waals surface area contributed by atoms with Crippen molar-refractivity contribution in [3.8, 4) is 17.3 Å². The quantitative estimate of drug-likeness (QED) is 0.597. The molecule has 3 aromatic rings. The SMILES string of the molecule is COc1cc2c(cc1C(=O)Nc1cccc(-c3nncn3C(C)C)n1)CNCC2.Cl.Cl. The van der Waals surface area contributed by atoms with Crippen LogP contribution in [0.2, 0.25) is 0 Å². The number of halogens is 2. The highest BCUT2D eigenvalue weighted by Gasteiger charge is 2.19. The van der Waals surface area contributed by atoms with Gasteiger partial charge in [0.25, 0.3) is 5.91 Å². The Morgan fingerprint density at radius 3 is 2.77 bits per heavy atom. The summed E-state index contributed by atoms with van der Waals surface area (Å²) in [5, 5.41) is 14.4. The Morgan fingerprint density at radius 2 is 2.03 bits per heavy atom. The maximum atomic E-state index is 13.0. The minimum atomic E-state index is -0.259. The summed E-state index contributed by atoms with van der Waals surface area (Å²) in [5.74, 6) is 1.42. The summed E-state index contributed by atoms with van der Waals surface area (Å²) >= 11 is 0. The van der Waals surface area contributed by atoms with Crippen LogP contribution in [0.25, 0.3) is 11.5 Å². The molecule has 0 spiro atoms. The fourth-order valence-corrected chi connectivity index (χ4v) is 3.47. The molecule has 0 unspecified atom stereocenters. The van der Waals surface area contributed by atoms with Gasteiger partial charge in [-0.25, -0.2) is 4.98 Å². The first-order valence-electron chi connectivity index (χ1n) is 9.65. The highest BCUT2D eigenvalue weighted by atomic mass is 35.5. The maximum absolute atomic E-state index is 13.0. The van der Waals surface area contributed by atoms with Gasteiger partial charge in [-0.3, -0.25) is 4.79 Å². The molecule has 2 N–H and O–H groups in total. The first kappa shape index (κ1) is 24.6. The monoisotopic (exact) mass is 464 g/mol. The Morgan fingerprint density at radius 1 is 1.23 bits per heavy atom. The predicted octanol–water partition coefficient (Wildman–Crippen LogP) is 3.67. The Labute approximate surface area is 193 Å². The molecule has 0 aliphatic carbocycles. The molecule has 1 aliphatic heterocycles. The van der Waals surface area contributed by atoms with Crippen LogP contribution in [0.1, 0.15) is 41.4 Å². The van der Waals surface area contributed by atoms with Crippen molar-refractivity contribution in [2.75, 3.05) is 19.0 Å². The van der Waals surface area contributed by atoms with Crippen molar-refractivity contribution in [3.63, 3.8) is 0 Å². The molecule has 3 heterocycles. The molecule has 0 saturated heterocycles. The van der Waals surface area contributed by atoms with Gasteiger partial charge in [0.2, 0.25) is 0 Å². The van der Waals surface area contributed by atoms with Gasteiger partial charge in [-0.15, -0.1) is 35.0 Å². The summed E-state index contributed by atoms with van der Waals surface area (Å²) in [6, 6.07) is 9.50. The first-order valence-corrected chi connectivity index (χ1v) is 9.65. The molecule has 8 nitrogen and oxygen atoms in total. The Bertz CT molecular complexity index is 1050. The molecule has 0 bridgehead atoms. The zero-order valence-corrected chi connectivity index (χ0v) is 19.2. The van der Waals surface area contributed by atoms with Gasteiger partial charge in [0.15, 0.2) is 5.82 Å². The second-order valence-corrected chi connectivity index (χ2v) is 7.27. The van der Waals surface area contributed by atoms with Gasteiger partial charge in [-0.05, 0) is 62.2 Å². The van der Waals surface area contributed by atoms with Gasteiger partial charge in [-0.1, -0.05) is 6.07 Å². The third kappa shape index (κ3) is 5.15. The fourth-order valence-electron chi connectivity index (χ4n) is 3.47. The number of carbonyl (C=O) groups is 1. The summed E-state index contributed by atoms with van der Waals surface area (Å²) in [5.41, 5.74) is 3.47. The van der Waals surface area contributed by atoms with Gasteiger partial charge in [0, 0.05) is 12.6 Å². The minimum Gasteiger partial charge on any atom is -0.496 e. The molecule has 0 radical (unpaired) electrons. The predicted molar refractivity (Wildman–Crippen MR) is 124 cm³/mol. The number of nitrogens with zero attached hydrogens (tertiary/aromatic N) is 4. The van der Waals surface area contributed by atoms with Crippen molar-refractivity contribution in [3.05, 3.63) is 53.3 Å². The number of rotatable bonds is 5. The number of amides is 1. The zero-order chi connectivity index (χ0) is 20.4. The highest BCUT2D eigenvalue weighted by Crippen LogP contribution is 2.27. The van der Waals surface area contributed by atoms with E-state index in [4.69, 9.17) is 4.74 Å². The van der Waals surface area contributed by atoms with Gasteiger partial charge in [0.1, 0.15) is 23.6 Å². The Hall–Kier alpha value is -2.68. The van der Waals surface area contributed by atoms with Gasteiger partial charge in [-0.2, -0.15) is 0 Å². The number of ether oxygens (including phenoxy) is 1. The van der Waals surface area contributed by atoms with Crippen LogP contribution in [0.3, 0.4) is 0 Å². The smallest absolute Gasteiger partial charge is 0.260 e. The largest absolute Gasteiger partial charge is 0.496 e. The van der Waals surface area contributed by atoms with E-state index >= 15 is 0 Å². The van der Waals surface area contributed by atoms with Crippen molar-refractivity contribution in [2.45, 2.75) is 32.9 Å². The van der Waals surface area contributed by atoms with Crippen molar-refractivity contribution < 1.29 is 9.53 Å². The maximum Gasteiger partial charge on any atom is 0.260 e. The van der Waals surface area contributed by atoms with Crippen molar-refractivity contribution in [1.29, 1.82) is 0 Å². The van der Waals surface area contributed by atoms with E-state index in [1.165, 1.54) is 5.56 Å². The number of carbonyl (C=O) groups excluding carboxylic acids is 1. The Balaban J connectivity index is 0.00000171. The third-order valence-corrected chi connectivity index (χ3v) is 5.00. The van der Waals surface area contributed by atoms with Crippen LogP contribution in [0, 0.1) is 0 Å². The molecule has 2 aromatic heterocycles. The van der Waals surface area contributed by atoms with Crippen LogP contribution >= 0.6 is 24.8 Å². The molecule has 1 amide bonds. The van der Waals surface area contributed by atoms with Crippen molar-refractivity contribution >= 4 is 36.5 Å². The van der Waals surface area contributed by atoms with E-state index in [0.29, 0.717) is 28.6 Å². The van der Waals surface area contributed by atoms with E-state index in [-0.39, 0.29) is 36.8 Å². The van der Waals surface area contributed by atoms with Gasteiger partial charge in [0.05, 0.1) is 12.7 Å². The van der Waals surface area contributed by atoms with E-state index in [1.807, 2.05) is 28.8 Å². The molecular weight excluding hydrogens is 439 g/mol. The number of pyridine rings is 1. The molecule has 31 heavy (non-hydrogen) atoms. The lowest BCUT2D eigenvalue weighted by Gasteiger charge is -2.20. The lowest BCUT2D eigenvalue weighted by atomic mass is 9.97. The topological polar surface area (TPSA) is 94.0 Å². The molecule has 10 heteroatoms. The number of nitrogens with one attached hydrogen (secondary N) is 2. The van der Waals surface area contributed by atoms with Gasteiger partial charge >= 0.3 is 0 Å². The number of aromatic nitrogens is 4. The van der Waals surface area contributed by atoms with Crippen molar-refractivity contribution in [1.82, 2.24) is 25.1 Å². The van der Waals surface area contributed by atoms with E-state index in [0.717, 1.165) is 25.1 Å². The minimum absolute atomic E-state index is 0. The lowest BCUT2D eigenvalue weighted by Crippen LogP contribution is -2.24. The van der Waals surface area contributed by atoms with Crippen LogP contribution < -0.4 is 15.4 Å². The highest BCUT2D eigenvalue weighted by molar-refractivity contribution is 6.06. The number of methoxy groups -OCH3 is 1. The Kier molecular flexibility index (Phi) is 8.38. The van der Waals surface area contributed by atoms with Crippen molar-refractivity contribution in [2.24, 2.45) is 0 Å². The number of hydrogen-bond acceptors (Lipinski definition) is 6.